The van der Waals surface area contributed by atoms with Crippen LogP contribution in [0.4, 0.5) is 0 Å². The van der Waals surface area contributed by atoms with Crippen molar-refractivity contribution in [1.82, 2.24) is 5.32 Å². The summed E-state index contributed by atoms with van der Waals surface area (Å²) in [6, 6.07) is 0. The van der Waals surface area contributed by atoms with Crippen molar-refractivity contribution in [1.29, 1.82) is 0 Å². The quantitative estimate of drug-likeness (QED) is 0.749. The first kappa shape index (κ1) is 14.8. The summed E-state index contributed by atoms with van der Waals surface area (Å²) in [4.78, 5) is 12.5. The summed E-state index contributed by atoms with van der Waals surface area (Å²) >= 11 is 5.88. The number of nitrogens with one attached hydrogen (secondary N) is 1. The van der Waals surface area contributed by atoms with E-state index in [-0.39, 0.29) is 16.9 Å². The summed E-state index contributed by atoms with van der Waals surface area (Å²) in [6.07, 6.45) is 5.44. The molecule has 0 aromatic heterocycles. The number of hydrogen-bond donors (Lipinski definition) is 1. The SMILES string of the molecule is CC(C)CC1(C(=O)NC(C)(C)CCl)CCCC1. The van der Waals surface area contributed by atoms with E-state index in [1.807, 2.05) is 13.8 Å². The minimum atomic E-state index is -0.300. The molecule has 17 heavy (non-hydrogen) atoms. The normalized spacial score (nSPS) is 19.6. The maximum Gasteiger partial charge on any atom is 0.226 e. The van der Waals surface area contributed by atoms with Gasteiger partial charge in [-0.2, -0.15) is 0 Å². The molecule has 1 saturated carbocycles. The first-order valence-electron chi connectivity index (χ1n) is 6.70. The maximum atomic E-state index is 12.5. The van der Waals surface area contributed by atoms with Crippen LogP contribution in [-0.4, -0.2) is 17.3 Å². The van der Waals surface area contributed by atoms with Crippen LogP contribution in [0.5, 0.6) is 0 Å². The lowest BCUT2D eigenvalue weighted by molar-refractivity contribution is -0.133. The van der Waals surface area contributed by atoms with Gasteiger partial charge < -0.3 is 5.32 Å². The van der Waals surface area contributed by atoms with Gasteiger partial charge >= 0.3 is 0 Å². The van der Waals surface area contributed by atoms with Gasteiger partial charge in [-0.15, -0.1) is 11.6 Å². The fraction of sp³-hybridized carbons (Fsp3) is 0.929. The molecule has 1 aliphatic rings. The van der Waals surface area contributed by atoms with Crippen LogP contribution in [-0.2, 0) is 4.79 Å². The fourth-order valence-electron chi connectivity index (χ4n) is 2.83. The third kappa shape index (κ3) is 3.87. The second-order valence-corrected chi connectivity index (χ2v) is 6.82. The summed E-state index contributed by atoms with van der Waals surface area (Å²) in [5.74, 6) is 1.24. The van der Waals surface area contributed by atoms with Crippen molar-refractivity contribution in [2.24, 2.45) is 11.3 Å². The van der Waals surface area contributed by atoms with Crippen LogP contribution in [0.2, 0.25) is 0 Å². The summed E-state index contributed by atoms with van der Waals surface area (Å²) in [5.41, 5.74) is -0.428. The second kappa shape index (κ2) is 5.60. The molecule has 0 bridgehead atoms. The first-order valence-corrected chi connectivity index (χ1v) is 7.23. The lowest BCUT2D eigenvalue weighted by Gasteiger charge is -2.34. The van der Waals surface area contributed by atoms with Crippen molar-refractivity contribution in [3.63, 3.8) is 0 Å². The van der Waals surface area contributed by atoms with Gasteiger partial charge in [0.1, 0.15) is 0 Å². The Morgan fingerprint density at radius 1 is 1.35 bits per heavy atom. The predicted octanol–water partition coefficient (Wildman–Crippen LogP) is 3.73. The Morgan fingerprint density at radius 2 is 1.88 bits per heavy atom. The van der Waals surface area contributed by atoms with E-state index in [4.69, 9.17) is 11.6 Å². The Bertz CT molecular complexity index is 267. The molecule has 0 heterocycles. The number of alkyl halides is 1. The van der Waals surface area contributed by atoms with Gasteiger partial charge in [-0.05, 0) is 39.0 Å². The zero-order chi connectivity index (χ0) is 13.1. The number of carbonyl (C=O) groups is 1. The molecule has 100 valence electrons. The molecule has 0 unspecified atom stereocenters. The third-order valence-corrected chi connectivity index (χ3v) is 4.30. The van der Waals surface area contributed by atoms with Crippen molar-refractivity contribution in [3.8, 4) is 0 Å². The maximum absolute atomic E-state index is 12.5. The lowest BCUT2D eigenvalue weighted by Crippen LogP contribution is -2.51. The monoisotopic (exact) mass is 259 g/mol. The molecule has 2 nitrogen and oxygen atoms in total. The Kier molecular flexibility index (Phi) is 4.88. The van der Waals surface area contributed by atoms with Crippen LogP contribution >= 0.6 is 11.6 Å². The van der Waals surface area contributed by atoms with Crippen LogP contribution < -0.4 is 5.32 Å². The van der Waals surface area contributed by atoms with E-state index in [0.717, 1.165) is 19.3 Å². The zero-order valence-corrected chi connectivity index (χ0v) is 12.4. The van der Waals surface area contributed by atoms with Crippen LogP contribution in [0.1, 0.15) is 59.8 Å². The topological polar surface area (TPSA) is 29.1 Å². The Balaban J connectivity index is 2.74. The second-order valence-electron chi connectivity index (χ2n) is 6.56. The zero-order valence-electron chi connectivity index (χ0n) is 11.6. The van der Waals surface area contributed by atoms with Crippen LogP contribution in [0.25, 0.3) is 0 Å². The largest absolute Gasteiger partial charge is 0.350 e. The molecule has 0 saturated heterocycles. The van der Waals surface area contributed by atoms with Gasteiger partial charge in [0.25, 0.3) is 0 Å². The molecule has 0 aromatic rings. The Morgan fingerprint density at radius 3 is 2.29 bits per heavy atom. The Hall–Kier alpha value is -0.240. The molecule has 1 amide bonds. The van der Waals surface area contributed by atoms with Gasteiger partial charge in [-0.3, -0.25) is 4.79 Å². The van der Waals surface area contributed by atoms with Crippen molar-refractivity contribution >= 4 is 17.5 Å². The first-order chi connectivity index (χ1) is 7.81. The highest BCUT2D eigenvalue weighted by Crippen LogP contribution is 2.43. The van der Waals surface area contributed by atoms with Gasteiger partial charge in [0.05, 0.1) is 0 Å². The van der Waals surface area contributed by atoms with E-state index in [9.17, 15) is 4.79 Å². The molecule has 0 spiro atoms. The molecule has 0 aromatic carbocycles. The van der Waals surface area contributed by atoms with E-state index in [1.54, 1.807) is 0 Å². The van der Waals surface area contributed by atoms with Crippen molar-refractivity contribution < 1.29 is 4.79 Å². The number of rotatable bonds is 5. The summed E-state index contributed by atoms with van der Waals surface area (Å²) in [6.45, 7) is 8.35. The Labute approximate surface area is 110 Å². The van der Waals surface area contributed by atoms with Crippen LogP contribution in [0, 0.1) is 11.3 Å². The summed E-state index contributed by atoms with van der Waals surface area (Å²) in [7, 11) is 0. The van der Waals surface area contributed by atoms with Gasteiger partial charge in [0.15, 0.2) is 0 Å². The minimum absolute atomic E-state index is 0.127. The van der Waals surface area contributed by atoms with Gasteiger partial charge in [0.2, 0.25) is 5.91 Å². The van der Waals surface area contributed by atoms with Gasteiger partial charge in [0, 0.05) is 16.8 Å². The van der Waals surface area contributed by atoms with Crippen LogP contribution in [0.3, 0.4) is 0 Å². The van der Waals surface area contributed by atoms with Crippen molar-refractivity contribution in [3.05, 3.63) is 0 Å². The highest BCUT2D eigenvalue weighted by Gasteiger charge is 2.42. The lowest BCUT2D eigenvalue weighted by atomic mass is 9.77. The van der Waals surface area contributed by atoms with E-state index in [1.165, 1.54) is 12.8 Å². The molecular formula is C14H26ClNO. The molecular weight excluding hydrogens is 234 g/mol. The standard InChI is InChI=1S/C14H26ClNO/c1-11(2)9-14(7-5-6-8-14)12(17)16-13(3,4)10-15/h11H,5-10H2,1-4H3,(H,16,17). The molecule has 1 fully saturated rings. The molecule has 1 aliphatic carbocycles. The molecule has 1 N–H and O–H groups in total. The van der Waals surface area contributed by atoms with Gasteiger partial charge in [-0.1, -0.05) is 26.7 Å². The van der Waals surface area contributed by atoms with Crippen molar-refractivity contribution in [2.75, 3.05) is 5.88 Å². The van der Waals surface area contributed by atoms with E-state index in [2.05, 4.69) is 19.2 Å². The number of hydrogen-bond acceptors (Lipinski definition) is 1. The average molecular weight is 260 g/mol. The molecule has 1 rings (SSSR count). The van der Waals surface area contributed by atoms with E-state index in [0.29, 0.717) is 11.8 Å². The molecule has 0 radical (unpaired) electrons. The summed E-state index contributed by atoms with van der Waals surface area (Å²) < 4.78 is 0. The average Bonchev–Trinajstić information content (AvgIpc) is 2.66. The molecule has 0 aliphatic heterocycles. The van der Waals surface area contributed by atoms with Gasteiger partial charge in [-0.25, -0.2) is 0 Å². The number of carbonyl (C=O) groups excluding carboxylic acids is 1. The summed E-state index contributed by atoms with van der Waals surface area (Å²) in [5, 5.41) is 3.12. The van der Waals surface area contributed by atoms with Crippen molar-refractivity contribution in [2.45, 2.75) is 65.3 Å². The highest BCUT2D eigenvalue weighted by atomic mass is 35.5. The van der Waals surface area contributed by atoms with E-state index >= 15 is 0 Å². The molecule has 0 atom stereocenters. The third-order valence-electron chi connectivity index (χ3n) is 3.63. The van der Waals surface area contributed by atoms with E-state index < -0.39 is 0 Å². The predicted molar refractivity (Wildman–Crippen MR) is 73.3 cm³/mol. The molecule has 3 heteroatoms. The number of amides is 1. The highest BCUT2D eigenvalue weighted by molar-refractivity contribution is 6.18. The minimum Gasteiger partial charge on any atom is -0.350 e. The smallest absolute Gasteiger partial charge is 0.226 e. The fourth-order valence-corrected chi connectivity index (χ4v) is 2.90. The number of halogens is 1. The van der Waals surface area contributed by atoms with Crippen LogP contribution in [0.15, 0.2) is 0 Å².